The molecule has 0 aliphatic rings. The highest BCUT2D eigenvalue weighted by Crippen LogP contribution is 2.23. The molecule has 1 atom stereocenters. The zero-order valence-electron chi connectivity index (χ0n) is 22.2. The van der Waals surface area contributed by atoms with Gasteiger partial charge in [0.1, 0.15) is 11.8 Å². The van der Waals surface area contributed by atoms with Gasteiger partial charge in [0.05, 0.1) is 19.1 Å². The highest BCUT2D eigenvalue weighted by atomic mass is 32.2. The Labute approximate surface area is 215 Å². The minimum Gasteiger partial charge on any atom is -0.497 e. The minimum absolute atomic E-state index is 0.101. The molecule has 0 spiro atoms. The molecule has 2 amide bonds. The van der Waals surface area contributed by atoms with Crippen molar-refractivity contribution < 1.29 is 22.7 Å². The van der Waals surface area contributed by atoms with Crippen LogP contribution < -0.4 is 14.4 Å². The number of sulfonamides is 1. The van der Waals surface area contributed by atoms with Crippen LogP contribution in [0.4, 0.5) is 5.69 Å². The van der Waals surface area contributed by atoms with Gasteiger partial charge in [0, 0.05) is 26.1 Å². The number of aryl methyl sites for hydroxylation is 1. The molecular weight excluding hydrogens is 478 g/mol. The number of anilines is 1. The number of nitrogens with zero attached hydrogens (tertiary/aromatic N) is 2. The summed E-state index contributed by atoms with van der Waals surface area (Å²) in [5.74, 6) is 0.506. The smallest absolute Gasteiger partial charge is 0.242 e. The highest BCUT2D eigenvalue weighted by molar-refractivity contribution is 7.92. The molecule has 2 rings (SSSR count). The standard InChI is InChI=1S/C27H39N3O5S/c1-20(2)18-28-27(32)22(4)29(19-23-12-9-13-24(17-23)35-5)26(31)15-10-16-30(36(6,33)34)25-14-8-7-11-21(25)3/h7-9,11-14,17,20,22H,10,15-16,18-19H2,1-6H3,(H,28,32)/t22-/m1/s1. The Morgan fingerprint density at radius 3 is 2.36 bits per heavy atom. The van der Waals surface area contributed by atoms with Crippen molar-refractivity contribution in [1.82, 2.24) is 10.2 Å². The van der Waals surface area contributed by atoms with Gasteiger partial charge in [-0.3, -0.25) is 13.9 Å². The number of nitrogens with one attached hydrogen (secondary N) is 1. The molecule has 0 heterocycles. The molecule has 8 nitrogen and oxygen atoms in total. The van der Waals surface area contributed by atoms with E-state index in [1.807, 2.05) is 57.2 Å². The van der Waals surface area contributed by atoms with E-state index in [1.54, 1.807) is 31.1 Å². The molecule has 36 heavy (non-hydrogen) atoms. The number of ether oxygens (including phenoxy) is 1. The third-order valence-electron chi connectivity index (χ3n) is 5.88. The first-order valence-electron chi connectivity index (χ1n) is 12.2. The maximum absolute atomic E-state index is 13.4. The van der Waals surface area contributed by atoms with E-state index >= 15 is 0 Å². The fourth-order valence-corrected chi connectivity index (χ4v) is 4.85. The molecule has 0 unspecified atom stereocenters. The van der Waals surface area contributed by atoms with E-state index < -0.39 is 16.1 Å². The maximum Gasteiger partial charge on any atom is 0.242 e. The largest absolute Gasteiger partial charge is 0.497 e. The molecule has 0 fully saturated rings. The van der Waals surface area contributed by atoms with Crippen LogP contribution in [0.25, 0.3) is 0 Å². The zero-order chi connectivity index (χ0) is 26.9. The van der Waals surface area contributed by atoms with Gasteiger partial charge < -0.3 is 15.0 Å². The second kappa shape index (κ2) is 13.3. The normalized spacial score (nSPS) is 12.2. The van der Waals surface area contributed by atoms with Crippen LogP contribution in [0.3, 0.4) is 0 Å². The second-order valence-corrected chi connectivity index (χ2v) is 11.3. The van der Waals surface area contributed by atoms with Crippen molar-refractivity contribution in [3.05, 3.63) is 59.7 Å². The van der Waals surface area contributed by atoms with E-state index in [4.69, 9.17) is 4.74 Å². The first-order chi connectivity index (χ1) is 16.9. The molecule has 2 aromatic carbocycles. The number of carbonyl (C=O) groups is 2. The van der Waals surface area contributed by atoms with E-state index in [0.29, 0.717) is 24.4 Å². The second-order valence-electron chi connectivity index (χ2n) is 9.41. The van der Waals surface area contributed by atoms with Crippen LogP contribution in [-0.4, -0.2) is 57.6 Å². The van der Waals surface area contributed by atoms with Crippen molar-refractivity contribution in [3.63, 3.8) is 0 Å². The Hall–Kier alpha value is -3.07. The van der Waals surface area contributed by atoms with E-state index in [1.165, 1.54) is 4.31 Å². The molecule has 9 heteroatoms. The minimum atomic E-state index is -3.53. The van der Waals surface area contributed by atoms with Crippen LogP contribution in [-0.2, 0) is 26.2 Å². The molecular formula is C27H39N3O5S. The van der Waals surface area contributed by atoms with E-state index in [2.05, 4.69) is 5.32 Å². The summed E-state index contributed by atoms with van der Waals surface area (Å²) in [7, 11) is -1.95. The number of para-hydroxylation sites is 1. The first kappa shape index (κ1) is 29.2. The topological polar surface area (TPSA) is 96.0 Å². The van der Waals surface area contributed by atoms with E-state index in [9.17, 15) is 18.0 Å². The quantitative estimate of drug-likeness (QED) is 0.437. The van der Waals surface area contributed by atoms with Gasteiger partial charge in [0.25, 0.3) is 0 Å². The number of benzene rings is 2. The average Bonchev–Trinajstić information content (AvgIpc) is 2.83. The molecule has 0 aliphatic carbocycles. The summed E-state index contributed by atoms with van der Waals surface area (Å²) in [5.41, 5.74) is 2.27. The fraction of sp³-hybridized carbons (Fsp3) is 0.481. The van der Waals surface area contributed by atoms with Crippen molar-refractivity contribution >= 4 is 27.5 Å². The van der Waals surface area contributed by atoms with Crippen LogP contribution in [0, 0.1) is 12.8 Å². The predicted octanol–water partition coefficient (Wildman–Crippen LogP) is 3.74. The Balaban J connectivity index is 2.19. The number of carbonyl (C=O) groups excluding carboxylic acids is 2. The van der Waals surface area contributed by atoms with Crippen LogP contribution in [0.2, 0.25) is 0 Å². The third-order valence-corrected chi connectivity index (χ3v) is 7.06. The van der Waals surface area contributed by atoms with Crippen molar-refractivity contribution in [2.45, 2.75) is 53.1 Å². The lowest BCUT2D eigenvalue weighted by molar-refractivity contribution is -0.140. The van der Waals surface area contributed by atoms with Crippen molar-refractivity contribution in [2.75, 3.05) is 30.8 Å². The number of rotatable bonds is 13. The molecule has 0 aromatic heterocycles. The molecule has 0 bridgehead atoms. The Bertz CT molecular complexity index is 1130. The van der Waals surface area contributed by atoms with Crippen LogP contribution in [0.1, 0.15) is 44.7 Å². The molecule has 2 aromatic rings. The van der Waals surface area contributed by atoms with Gasteiger partial charge in [-0.15, -0.1) is 0 Å². The third kappa shape index (κ3) is 8.55. The van der Waals surface area contributed by atoms with Crippen molar-refractivity contribution in [1.29, 1.82) is 0 Å². The molecule has 198 valence electrons. The zero-order valence-corrected chi connectivity index (χ0v) is 23.0. The SMILES string of the molecule is COc1cccc(CN(C(=O)CCCN(c2ccccc2C)S(C)(=O)=O)[C@H](C)C(=O)NCC(C)C)c1. The number of amides is 2. The highest BCUT2D eigenvalue weighted by Gasteiger charge is 2.27. The molecule has 0 radical (unpaired) electrons. The van der Waals surface area contributed by atoms with Gasteiger partial charge in [0.15, 0.2) is 0 Å². The van der Waals surface area contributed by atoms with Crippen LogP contribution in [0.5, 0.6) is 5.75 Å². The number of methoxy groups -OCH3 is 1. The Kier molecular flexibility index (Phi) is 10.8. The van der Waals surface area contributed by atoms with Crippen LogP contribution >= 0.6 is 0 Å². The van der Waals surface area contributed by atoms with Gasteiger partial charge in [0.2, 0.25) is 21.8 Å². The monoisotopic (exact) mass is 517 g/mol. The van der Waals surface area contributed by atoms with Gasteiger partial charge in [-0.2, -0.15) is 0 Å². The van der Waals surface area contributed by atoms with Gasteiger partial charge in [-0.1, -0.05) is 44.2 Å². The van der Waals surface area contributed by atoms with Gasteiger partial charge in [-0.25, -0.2) is 8.42 Å². The lowest BCUT2D eigenvalue weighted by atomic mass is 10.1. The first-order valence-corrected chi connectivity index (χ1v) is 14.0. The maximum atomic E-state index is 13.4. The van der Waals surface area contributed by atoms with Crippen LogP contribution in [0.15, 0.2) is 48.5 Å². The lowest BCUT2D eigenvalue weighted by Gasteiger charge is -2.30. The summed E-state index contributed by atoms with van der Waals surface area (Å²) in [6, 6.07) is 13.9. The van der Waals surface area contributed by atoms with Gasteiger partial charge in [-0.05, 0) is 55.5 Å². The Morgan fingerprint density at radius 1 is 1.06 bits per heavy atom. The average molecular weight is 518 g/mol. The summed E-state index contributed by atoms with van der Waals surface area (Å²) in [5, 5.41) is 2.90. The number of hydrogen-bond acceptors (Lipinski definition) is 5. The molecule has 0 saturated carbocycles. The molecule has 0 aliphatic heterocycles. The van der Waals surface area contributed by atoms with E-state index in [0.717, 1.165) is 17.4 Å². The molecule has 1 N–H and O–H groups in total. The summed E-state index contributed by atoms with van der Waals surface area (Å²) < 4.78 is 31.6. The fourth-order valence-electron chi connectivity index (χ4n) is 3.83. The van der Waals surface area contributed by atoms with Crippen molar-refractivity contribution in [3.8, 4) is 5.75 Å². The lowest BCUT2D eigenvalue weighted by Crippen LogP contribution is -2.48. The summed E-state index contributed by atoms with van der Waals surface area (Å²) >= 11 is 0. The van der Waals surface area contributed by atoms with E-state index in [-0.39, 0.29) is 37.2 Å². The summed E-state index contributed by atoms with van der Waals surface area (Å²) in [6.07, 6.45) is 1.58. The predicted molar refractivity (Wildman–Crippen MR) is 143 cm³/mol. The Morgan fingerprint density at radius 2 is 1.75 bits per heavy atom. The summed E-state index contributed by atoms with van der Waals surface area (Å²) in [6.45, 7) is 8.49. The summed E-state index contributed by atoms with van der Waals surface area (Å²) in [4.78, 5) is 27.7. The van der Waals surface area contributed by atoms with Crippen molar-refractivity contribution in [2.24, 2.45) is 5.92 Å². The molecule has 0 saturated heterocycles. The number of hydrogen-bond donors (Lipinski definition) is 1. The van der Waals surface area contributed by atoms with Gasteiger partial charge >= 0.3 is 0 Å².